The fourth-order valence-electron chi connectivity index (χ4n) is 3.30. The number of carbonyl (C=O) groups is 1. The number of likely N-dealkylation sites (tertiary alicyclic amines) is 1. The van der Waals surface area contributed by atoms with E-state index in [2.05, 4.69) is 4.90 Å². The number of benzene rings is 1. The highest BCUT2D eigenvalue weighted by Crippen LogP contribution is 2.41. The fourth-order valence-corrected chi connectivity index (χ4v) is 3.30. The van der Waals surface area contributed by atoms with E-state index in [4.69, 9.17) is 9.84 Å². The van der Waals surface area contributed by atoms with Crippen LogP contribution in [0.2, 0.25) is 0 Å². The summed E-state index contributed by atoms with van der Waals surface area (Å²) in [6.07, 6.45) is 1.90. The zero-order valence-electron chi connectivity index (χ0n) is 11.4. The molecule has 108 valence electrons. The zero-order valence-corrected chi connectivity index (χ0v) is 11.4. The average molecular weight is 279 g/mol. The smallest absolute Gasteiger partial charge is 0.329 e. The number of hydrogen-bond acceptors (Lipinski definition) is 3. The fraction of sp³-hybridized carbons (Fsp3) is 0.533. The molecule has 0 saturated carbocycles. The summed E-state index contributed by atoms with van der Waals surface area (Å²) in [6, 6.07) is 5.31. The Morgan fingerprint density at radius 1 is 1.55 bits per heavy atom. The number of nitrogens with zero attached hydrogens (tertiary/aromatic N) is 1. The second kappa shape index (κ2) is 4.82. The molecule has 2 aliphatic rings. The highest BCUT2D eigenvalue weighted by Gasteiger charge is 2.44. The number of rotatable bonds is 4. The molecule has 1 N–H and O–H groups in total. The topological polar surface area (TPSA) is 49.8 Å². The first-order valence-corrected chi connectivity index (χ1v) is 6.85. The molecule has 0 aromatic heterocycles. The molecule has 1 saturated heterocycles. The van der Waals surface area contributed by atoms with E-state index >= 15 is 0 Å². The Morgan fingerprint density at radius 2 is 2.30 bits per heavy atom. The molecule has 0 bridgehead atoms. The van der Waals surface area contributed by atoms with Crippen LogP contribution in [0.25, 0.3) is 0 Å². The van der Waals surface area contributed by atoms with Crippen molar-refractivity contribution in [2.75, 3.05) is 19.7 Å². The maximum absolute atomic E-state index is 13.2. The highest BCUT2D eigenvalue weighted by molar-refractivity contribution is 5.68. The molecule has 0 amide bonds. The lowest BCUT2D eigenvalue weighted by atomic mass is 9.92. The number of halogens is 1. The molecule has 1 unspecified atom stereocenters. The first-order valence-electron chi connectivity index (χ1n) is 6.85. The van der Waals surface area contributed by atoms with Gasteiger partial charge in [0.1, 0.15) is 12.4 Å². The van der Waals surface area contributed by atoms with Crippen LogP contribution in [0, 0.1) is 5.82 Å². The first kappa shape index (κ1) is 13.5. The summed E-state index contributed by atoms with van der Waals surface area (Å²) in [4.78, 5) is 12.8. The molecule has 1 aromatic rings. The summed E-state index contributed by atoms with van der Waals surface area (Å²) in [6.45, 7) is 3.13. The third-order valence-corrected chi connectivity index (χ3v) is 4.21. The number of carboxylic acid groups (broad SMARTS) is 1. The Labute approximate surface area is 117 Å². The van der Waals surface area contributed by atoms with Crippen LogP contribution in [-0.2, 0) is 16.0 Å². The van der Waals surface area contributed by atoms with Gasteiger partial charge in [0.25, 0.3) is 0 Å². The van der Waals surface area contributed by atoms with Gasteiger partial charge in [0, 0.05) is 19.1 Å². The Balaban J connectivity index is 1.63. The van der Waals surface area contributed by atoms with Crippen molar-refractivity contribution in [1.29, 1.82) is 0 Å². The van der Waals surface area contributed by atoms with Crippen molar-refractivity contribution < 1.29 is 19.0 Å². The SMILES string of the molecule is CC1(OCC(=O)O)CN(C2CCc3cc(F)ccc32)C1. The van der Waals surface area contributed by atoms with Crippen LogP contribution in [-0.4, -0.2) is 41.3 Å². The third-order valence-electron chi connectivity index (χ3n) is 4.21. The van der Waals surface area contributed by atoms with Gasteiger partial charge < -0.3 is 9.84 Å². The lowest BCUT2D eigenvalue weighted by Crippen LogP contribution is -2.62. The van der Waals surface area contributed by atoms with Crippen LogP contribution in [0.1, 0.15) is 30.5 Å². The van der Waals surface area contributed by atoms with Gasteiger partial charge >= 0.3 is 5.97 Å². The van der Waals surface area contributed by atoms with Gasteiger partial charge in [-0.1, -0.05) is 6.07 Å². The molecule has 0 radical (unpaired) electrons. The predicted octanol–water partition coefficient (Wildman–Crippen LogP) is 1.99. The van der Waals surface area contributed by atoms with Gasteiger partial charge in [0.15, 0.2) is 0 Å². The van der Waals surface area contributed by atoms with Crippen molar-refractivity contribution in [2.45, 2.75) is 31.4 Å². The Bertz CT molecular complexity index is 540. The van der Waals surface area contributed by atoms with E-state index in [1.165, 1.54) is 11.6 Å². The summed E-state index contributed by atoms with van der Waals surface area (Å²) >= 11 is 0. The van der Waals surface area contributed by atoms with Gasteiger partial charge in [-0.05, 0) is 43.0 Å². The van der Waals surface area contributed by atoms with Gasteiger partial charge in [0.05, 0.1) is 5.60 Å². The summed E-state index contributed by atoms with van der Waals surface area (Å²) in [5, 5.41) is 8.66. The van der Waals surface area contributed by atoms with E-state index in [1.807, 2.05) is 13.0 Å². The molecule has 1 fully saturated rings. The number of aryl methyl sites for hydroxylation is 1. The van der Waals surface area contributed by atoms with Crippen LogP contribution < -0.4 is 0 Å². The molecule has 1 atom stereocenters. The predicted molar refractivity (Wildman–Crippen MR) is 71.0 cm³/mol. The van der Waals surface area contributed by atoms with E-state index in [-0.39, 0.29) is 18.0 Å². The Hall–Kier alpha value is -1.46. The normalized spacial score (nSPS) is 24.2. The number of hydrogen-bond donors (Lipinski definition) is 1. The molecule has 1 aliphatic carbocycles. The minimum absolute atomic E-state index is 0.178. The molecule has 20 heavy (non-hydrogen) atoms. The van der Waals surface area contributed by atoms with E-state index in [0.29, 0.717) is 6.04 Å². The van der Waals surface area contributed by atoms with Crippen molar-refractivity contribution in [3.05, 3.63) is 35.1 Å². The maximum Gasteiger partial charge on any atom is 0.329 e. The molecule has 1 aromatic carbocycles. The summed E-state index contributed by atoms with van der Waals surface area (Å²) in [5.74, 6) is -1.12. The van der Waals surface area contributed by atoms with Gasteiger partial charge in [-0.2, -0.15) is 0 Å². The van der Waals surface area contributed by atoms with E-state index in [1.54, 1.807) is 6.07 Å². The maximum atomic E-state index is 13.2. The standard InChI is InChI=1S/C15H18FNO3/c1-15(20-7-14(18)19)8-17(9-15)13-5-2-10-6-11(16)3-4-12(10)13/h3-4,6,13H,2,5,7-9H2,1H3,(H,18,19). The van der Waals surface area contributed by atoms with Gasteiger partial charge in [-0.25, -0.2) is 9.18 Å². The van der Waals surface area contributed by atoms with Crippen LogP contribution in [0.4, 0.5) is 4.39 Å². The highest BCUT2D eigenvalue weighted by atomic mass is 19.1. The summed E-state index contributed by atoms with van der Waals surface area (Å²) < 4.78 is 18.6. The molecule has 3 rings (SSSR count). The van der Waals surface area contributed by atoms with Crippen molar-refractivity contribution in [2.24, 2.45) is 0 Å². The minimum Gasteiger partial charge on any atom is -0.480 e. The molecule has 4 nitrogen and oxygen atoms in total. The third kappa shape index (κ3) is 2.43. The van der Waals surface area contributed by atoms with Crippen LogP contribution >= 0.6 is 0 Å². The molecular formula is C15H18FNO3. The second-order valence-electron chi connectivity index (χ2n) is 5.93. The van der Waals surface area contributed by atoms with Crippen LogP contribution in [0.15, 0.2) is 18.2 Å². The van der Waals surface area contributed by atoms with Gasteiger partial charge in [0.2, 0.25) is 0 Å². The van der Waals surface area contributed by atoms with Crippen molar-refractivity contribution >= 4 is 5.97 Å². The van der Waals surface area contributed by atoms with Crippen molar-refractivity contribution in [1.82, 2.24) is 4.90 Å². The molecule has 0 spiro atoms. The van der Waals surface area contributed by atoms with E-state index in [0.717, 1.165) is 31.5 Å². The number of aliphatic carboxylic acids is 1. The summed E-state index contributed by atoms with van der Waals surface area (Å²) in [7, 11) is 0. The second-order valence-corrected chi connectivity index (χ2v) is 5.93. The lowest BCUT2D eigenvalue weighted by molar-refractivity contribution is -0.169. The van der Waals surface area contributed by atoms with Gasteiger partial charge in [-0.15, -0.1) is 0 Å². The summed E-state index contributed by atoms with van der Waals surface area (Å²) in [5.41, 5.74) is 1.92. The largest absolute Gasteiger partial charge is 0.480 e. The van der Waals surface area contributed by atoms with Crippen molar-refractivity contribution in [3.8, 4) is 0 Å². The zero-order chi connectivity index (χ0) is 14.3. The molecule has 5 heteroatoms. The van der Waals surface area contributed by atoms with Crippen LogP contribution in [0.5, 0.6) is 0 Å². The van der Waals surface area contributed by atoms with E-state index < -0.39 is 5.97 Å². The van der Waals surface area contributed by atoms with Crippen LogP contribution in [0.3, 0.4) is 0 Å². The van der Waals surface area contributed by atoms with Gasteiger partial charge in [-0.3, -0.25) is 4.90 Å². The number of ether oxygens (including phenoxy) is 1. The monoisotopic (exact) mass is 279 g/mol. The van der Waals surface area contributed by atoms with E-state index in [9.17, 15) is 9.18 Å². The van der Waals surface area contributed by atoms with Crippen molar-refractivity contribution in [3.63, 3.8) is 0 Å². The number of fused-ring (bicyclic) bond motifs is 1. The molecule has 1 heterocycles. The minimum atomic E-state index is -0.939. The quantitative estimate of drug-likeness (QED) is 0.915. The Kier molecular flexibility index (Phi) is 3.26. The number of carboxylic acids is 1. The lowest BCUT2D eigenvalue weighted by Gasteiger charge is -2.50. The molecular weight excluding hydrogens is 261 g/mol. The first-order chi connectivity index (χ1) is 9.47. The Morgan fingerprint density at radius 3 is 3.00 bits per heavy atom. The molecule has 1 aliphatic heterocycles. The average Bonchev–Trinajstić information content (AvgIpc) is 2.75.